The first kappa shape index (κ1) is 17.3. The quantitative estimate of drug-likeness (QED) is 0.531. The molecule has 0 aromatic carbocycles. The minimum atomic E-state index is -1.16. The predicted molar refractivity (Wildman–Crippen MR) is 76.4 cm³/mol. The number of hydrogen-bond acceptors (Lipinski definition) is 5. The summed E-state index contributed by atoms with van der Waals surface area (Å²) in [7, 11) is 0. The monoisotopic (exact) mass is 311 g/mol. The normalized spacial score (nSPS) is 11.7. The van der Waals surface area contributed by atoms with Gasteiger partial charge in [0.05, 0.1) is 11.1 Å². The predicted octanol–water partition coefficient (Wildman–Crippen LogP) is 0.516. The summed E-state index contributed by atoms with van der Waals surface area (Å²) in [5, 5.41) is 22.0. The van der Waals surface area contributed by atoms with Crippen LogP contribution in [-0.2, 0) is 16.1 Å². The van der Waals surface area contributed by atoms with Crippen LogP contribution in [-0.4, -0.2) is 32.5 Å². The van der Waals surface area contributed by atoms with Gasteiger partial charge in [-0.25, -0.2) is 4.79 Å². The van der Waals surface area contributed by atoms with Crippen LogP contribution >= 0.6 is 0 Å². The molecule has 9 nitrogen and oxygen atoms in total. The molecular weight excluding hydrogens is 294 g/mol. The minimum absolute atomic E-state index is 0.279. The molecule has 1 heterocycles. The van der Waals surface area contributed by atoms with Gasteiger partial charge in [0, 0.05) is 12.1 Å². The Morgan fingerprint density at radius 1 is 1.45 bits per heavy atom. The molecule has 0 fully saturated rings. The molecule has 1 rings (SSSR count). The molecule has 1 aromatic heterocycles. The molecule has 1 amide bonds. The van der Waals surface area contributed by atoms with Crippen LogP contribution in [0.2, 0.25) is 0 Å². The van der Waals surface area contributed by atoms with Crippen molar-refractivity contribution in [3.05, 3.63) is 38.8 Å². The van der Waals surface area contributed by atoms with Gasteiger partial charge in [-0.15, -0.1) is 0 Å². The Morgan fingerprint density at radius 3 is 2.68 bits per heavy atom. The van der Waals surface area contributed by atoms with Gasteiger partial charge in [0.15, 0.2) is 0 Å². The van der Waals surface area contributed by atoms with Crippen molar-refractivity contribution in [3.8, 4) is 0 Å². The van der Waals surface area contributed by atoms with Crippen LogP contribution in [0.15, 0.2) is 23.1 Å². The van der Waals surface area contributed by atoms with Crippen molar-refractivity contribution in [2.45, 2.75) is 38.8 Å². The summed E-state index contributed by atoms with van der Waals surface area (Å²) in [6, 6.07) is 0.983. The lowest BCUT2D eigenvalue weighted by atomic mass is 10.1. The van der Waals surface area contributed by atoms with Crippen molar-refractivity contribution in [1.82, 2.24) is 9.88 Å². The molecule has 120 valence electrons. The molecular formula is C13H17N3O6. The van der Waals surface area contributed by atoms with Crippen molar-refractivity contribution in [2.75, 3.05) is 0 Å². The van der Waals surface area contributed by atoms with E-state index < -0.39 is 34.9 Å². The number of carboxylic acids is 1. The molecule has 0 unspecified atom stereocenters. The number of aliphatic carboxylic acids is 1. The fourth-order valence-electron chi connectivity index (χ4n) is 1.81. The van der Waals surface area contributed by atoms with Crippen LogP contribution in [0.1, 0.15) is 26.2 Å². The zero-order chi connectivity index (χ0) is 16.7. The zero-order valence-corrected chi connectivity index (χ0v) is 12.0. The molecule has 0 aliphatic rings. The van der Waals surface area contributed by atoms with Crippen LogP contribution in [0.25, 0.3) is 0 Å². The third-order valence-corrected chi connectivity index (χ3v) is 2.97. The Kier molecular flexibility index (Phi) is 6.24. The number of nitrogens with one attached hydrogen (secondary N) is 1. The number of amides is 1. The van der Waals surface area contributed by atoms with E-state index in [1.807, 2.05) is 6.92 Å². The van der Waals surface area contributed by atoms with Crippen LogP contribution in [0.5, 0.6) is 0 Å². The summed E-state index contributed by atoms with van der Waals surface area (Å²) in [5.41, 5.74) is -0.908. The number of nitrogens with zero attached hydrogens (tertiary/aromatic N) is 2. The van der Waals surface area contributed by atoms with Gasteiger partial charge in [0.1, 0.15) is 12.6 Å². The number of unbranched alkanes of at least 4 members (excludes halogenated alkanes) is 1. The smallest absolute Gasteiger partial charge is 0.326 e. The van der Waals surface area contributed by atoms with Crippen molar-refractivity contribution >= 4 is 17.6 Å². The molecule has 0 aliphatic heterocycles. The fourth-order valence-corrected chi connectivity index (χ4v) is 1.81. The number of carbonyl (C=O) groups is 2. The summed E-state index contributed by atoms with van der Waals surface area (Å²) < 4.78 is 0.867. The SMILES string of the molecule is CCCC[C@H](NC(=O)Cn1cc([N+](=O)[O-])ccc1=O)C(=O)O. The second-order valence-electron chi connectivity index (χ2n) is 4.71. The van der Waals surface area contributed by atoms with E-state index in [9.17, 15) is 24.5 Å². The van der Waals surface area contributed by atoms with E-state index in [1.165, 1.54) is 0 Å². The second kappa shape index (κ2) is 7.91. The van der Waals surface area contributed by atoms with Crippen LogP contribution < -0.4 is 10.9 Å². The van der Waals surface area contributed by atoms with Gasteiger partial charge >= 0.3 is 5.97 Å². The number of hydrogen-bond donors (Lipinski definition) is 2. The number of rotatable bonds is 8. The Bertz CT molecular complexity index is 624. The largest absolute Gasteiger partial charge is 0.480 e. The topological polar surface area (TPSA) is 132 Å². The van der Waals surface area contributed by atoms with Gasteiger partial charge in [-0.1, -0.05) is 19.8 Å². The van der Waals surface area contributed by atoms with E-state index in [0.29, 0.717) is 6.42 Å². The Labute approximate surface area is 125 Å². The highest BCUT2D eigenvalue weighted by atomic mass is 16.6. The van der Waals surface area contributed by atoms with E-state index in [4.69, 9.17) is 5.11 Å². The van der Waals surface area contributed by atoms with E-state index in [1.54, 1.807) is 0 Å². The van der Waals surface area contributed by atoms with Crippen molar-refractivity contribution < 1.29 is 19.6 Å². The van der Waals surface area contributed by atoms with Crippen LogP contribution in [0.3, 0.4) is 0 Å². The van der Waals surface area contributed by atoms with Crippen molar-refractivity contribution in [3.63, 3.8) is 0 Å². The standard InChI is InChI=1S/C13H17N3O6/c1-2-3-4-10(13(19)20)14-11(17)8-15-7-9(16(21)22)5-6-12(15)18/h5-7,10H,2-4,8H2,1H3,(H,14,17)(H,19,20)/t10-/m0/s1. The Balaban J connectivity index is 2.79. The molecule has 0 saturated carbocycles. The maximum Gasteiger partial charge on any atom is 0.326 e. The lowest BCUT2D eigenvalue weighted by Crippen LogP contribution is -2.43. The number of carbonyl (C=O) groups excluding carboxylic acids is 1. The second-order valence-corrected chi connectivity index (χ2v) is 4.71. The molecule has 2 N–H and O–H groups in total. The van der Waals surface area contributed by atoms with Gasteiger partial charge in [-0.2, -0.15) is 0 Å². The number of nitro groups is 1. The first-order valence-corrected chi connectivity index (χ1v) is 6.72. The average Bonchev–Trinajstić information content (AvgIpc) is 2.45. The van der Waals surface area contributed by atoms with Gasteiger partial charge < -0.3 is 10.4 Å². The van der Waals surface area contributed by atoms with E-state index >= 15 is 0 Å². The van der Waals surface area contributed by atoms with Crippen molar-refractivity contribution in [2.24, 2.45) is 0 Å². The lowest BCUT2D eigenvalue weighted by molar-refractivity contribution is -0.385. The zero-order valence-electron chi connectivity index (χ0n) is 12.0. The Hall–Kier alpha value is -2.71. The van der Waals surface area contributed by atoms with Gasteiger partial charge in [0.2, 0.25) is 5.91 Å². The average molecular weight is 311 g/mol. The highest BCUT2D eigenvalue weighted by molar-refractivity contribution is 5.83. The van der Waals surface area contributed by atoms with Crippen LogP contribution in [0.4, 0.5) is 5.69 Å². The molecule has 0 saturated heterocycles. The van der Waals surface area contributed by atoms with Gasteiger partial charge in [0.25, 0.3) is 11.2 Å². The maximum atomic E-state index is 11.8. The molecule has 0 radical (unpaired) electrons. The summed E-state index contributed by atoms with van der Waals surface area (Å²) >= 11 is 0. The number of aromatic nitrogens is 1. The highest BCUT2D eigenvalue weighted by Crippen LogP contribution is 2.06. The number of pyridine rings is 1. The lowest BCUT2D eigenvalue weighted by Gasteiger charge is -2.14. The van der Waals surface area contributed by atoms with E-state index in [-0.39, 0.29) is 12.1 Å². The summed E-state index contributed by atoms with van der Waals surface area (Å²) in [4.78, 5) is 44.4. The highest BCUT2D eigenvalue weighted by Gasteiger charge is 2.20. The fraction of sp³-hybridized carbons (Fsp3) is 0.462. The molecule has 1 aromatic rings. The molecule has 0 spiro atoms. The van der Waals surface area contributed by atoms with Gasteiger partial charge in [-0.05, 0) is 6.42 Å². The molecule has 22 heavy (non-hydrogen) atoms. The Morgan fingerprint density at radius 2 is 2.14 bits per heavy atom. The minimum Gasteiger partial charge on any atom is -0.480 e. The molecule has 0 bridgehead atoms. The van der Waals surface area contributed by atoms with Crippen LogP contribution in [0, 0.1) is 10.1 Å². The summed E-state index contributed by atoms with van der Waals surface area (Å²) in [5.74, 6) is -1.85. The van der Waals surface area contributed by atoms with Gasteiger partial charge in [-0.3, -0.25) is 24.3 Å². The van der Waals surface area contributed by atoms with E-state index in [2.05, 4.69) is 5.32 Å². The number of carboxylic acid groups (broad SMARTS) is 1. The van der Waals surface area contributed by atoms with E-state index in [0.717, 1.165) is 29.3 Å². The molecule has 1 atom stereocenters. The first-order valence-electron chi connectivity index (χ1n) is 6.72. The summed E-state index contributed by atoms with van der Waals surface area (Å²) in [6.07, 6.45) is 2.64. The molecule has 0 aliphatic carbocycles. The maximum absolute atomic E-state index is 11.8. The third kappa shape index (κ3) is 5.00. The first-order chi connectivity index (χ1) is 10.3. The third-order valence-electron chi connectivity index (χ3n) is 2.97. The summed E-state index contributed by atoms with van der Waals surface area (Å²) in [6.45, 7) is 1.42. The van der Waals surface area contributed by atoms with Crippen molar-refractivity contribution in [1.29, 1.82) is 0 Å². The molecule has 9 heteroatoms.